The Kier molecular flexibility index (Phi) is 28.1. The number of imidazole rings is 1. The molecule has 438 valence electrons. The van der Waals surface area contributed by atoms with Gasteiger partial charge in [0.1, 0.15) is 48.0 Å². The molecule has 0 saturated heterocycles. The molecule has 1 heterocycles. The van der Waals surface area contributed by atoms with Crippen molar-refractivity contribution in [3.8, 4) is 5.75 Å². The van der Waals surface area contributed by atoms with Crippen molar-refractivity contribution in [2.75, 3.05) is 13.1 Å². The highest BCUT2D eigenvalue weighted by atomic mass is 16.4. The number of carboxylic acids is 3. The number of carboxylic acid groups (broad SMARTS) is 3. The lowest BCUT2D eigenvalue weighted by Gasteiger charge is -2.30. The van der Waals surface area contributed by atoms with Crippen LogP contribution in [0.1, 0.15) is 105 Å². The number of hydrogen-bond acceptors (Lipinski definition) is 15. The topological polar surface area (TPSA) is 449 Å². The molecule has 1 aromatic carbocycles. The third kappa shape index (κ3) is 24.8. The van der Waals surface area contributed by atoms with Gasteiger partial charge in [-0.05, 0) is 60.6 Å². The SMILES string of the molecule is CC[C@H](C)[C@H](NC(=O)[C@H](CC(C)C)NC(=O)[C@H](CC(=O)O)NC(=O)[C@H](Cc1cnc[nH]1)NC(=O)CNC(=O)[C@H](Cc1ccc(O)cc1)NC(=O)CNC(=O)[C@@H](N)C(C)C)C(=O)N[C@@H](CC(C)C)C(=O)N[C@@H](CCC(=O)O)C(=O)O. The Hall–Kier alpha value is -8.17. The van der Waals surface area contributed by atoms with Crippen molar-refractivity contribution in [1.29, 1.82) is 0 Å². The van der Waals surface area contributed by atoms with E-state index in [1.165, 1.54) is 36.8 Å². The quantitative estimate of drug-likeness (QED) is 0.0357. The zero-order valence-corrected chi connectivity index (χ0v) is 45.7. The van der Waals surface area contributed by atoms with Gasteiger partial charge in [0.25, 0.3) is 0 Å². The minimum Gasteiger partial charge on any atom is -0.508 e. The number of carbonyl (C=O) groups is 12. The van der Waals surface area contributed by atoms with Crippen molar-refractivity contribution < 1.29 is 78.0 Å². The number of benzene rings is 1. The van der Waals surface area contributed by atoms with Crippen LogP contribution in [0.3, 0.4) is 0 Å². The standard InChI is InChI=1S/C51H78N12O16/c1-9-28(8)43(50(77)62-33(16-25(2)3)45(72)59-32(51(78)79)14-15-40(67)68)63-48(75)34(17-26(4)5)60-47(74)37(20-41(69)70)61-46(73)36(19-30-21-53-24-56-30)58-38(65)22-54-44(71)35(18-29-10-12-31(64)13-11-29)57-39(66)23-55-49(76)42(52)27(6)7/h10-13,21,24-28,32-37,42-43,64H,9,14-20,22-23,52H2,1-8H3,(H,53,56)(H,54,71)(H,55,76)(H,57,66)(H,58,65)(H,59,72)(H,60,74)(H,61,73)(H,62,77)(H,63,75)(H,67,68)(H,69,70)(H,78,79)/t28-,32-,33-,34-,35-,36-,37-,42-,43-/m0/s1. The molecule has 0 aliphatic heterocycles. The van der Waals surface area contributed by atoms with Crippen LogP contribution in [-0.4, -0.2) is 163 Å². The van der Waals surface area contributed by atoms with Crippen LogP contribution in [0.15, 0.2) is 36.8 Å². The highest BCUT2D eigenvalue weighted by Gasteiger charge is 2.36. The molecule has 0 spiro atoms. The Labute approximate surface area is 457 Å². The van der Waals surface area contributed by atoms with E-state index < -0.39 is 158 Å². The average Bonchev–Trinajstić information content (AvgIpc) is 3.89. The molecule has 0 unspecified atom stereocenters. The summed E-state index contributed by atoms with van der Waals surface area (Å²) in [6.07, 6.45) is 0.387. The molecule has 2 rings (SSSR count). The Bertz CT molecular complexity index is 2420. The first-order chi connectivity index (χ1) is 37.0. The maximum absolute atomic E-state index is 14.1. The summed E-state index contributed by atoms with van der Waals surface area (Å²) in [6, 6.07) is -5.71. The van der Waals surface area contributed by atoms with E-state index in [0.717, 1.165) is 0 Å². The number of rotatable bonds is 35. The number of hydrogen-bond donors (Lipinski definition) is 15. The van der Waals surface area contributed by atoms with Gasteiger partial charge in [-0.25, -0.2) is 9.78 Å². The molecule has 0 aliphatic rings. The first kappa shape index (κ1) is 66.9. The van der Waals surface area contributed by atoms with E-state index in [9.17, 15) is 72.9 Å². The van der Waals surface area contributed by atoms with Crippen LogP contribution in [0.25, 0.3) is 0 Å². The van der Waals surface area contributed by atoms with E-state index in [0.29, 0.717) is 17.7 Å². The predicted molar refractivity (Wildman–Crippen MR) is 282 cm³/mol. The van der Waals surface area contributed by atoms with E-state index >= 15 is 0 Å². The molecule has 28 heteroatoms. The summed E-state index contributed by atoms with van der Waals surface area (Å²) in [5.41, 5.74) is 6.64. The second kappa shape index (κ2) is 33.2. The molecule has 1 aromatic heterocycles. The third-order valence-corrected chi connectivity index (χ3v) is 12.3. The lowest BCUT2D eigenvalue weighted by molar-refractivity contribution is -0.144. The monoisotopic (exact) mass is 1110 g/mol. The molecule has 0 bridgehead atoms. The summed E-state index contributed by atoms with van der Waals surface area (Å²) < 4.78 is 0. The van der Waals surface area contributed by atoms with Crippen molar-refractivity contribution in [2.45, 2.75) is 155 Å². The molecular formula is C51H78N12O16. The summed E-state index contributed by atoms with van der Waals surface area (Å²) in [4.78, 5) is 164. The largest absolute Gasteiger partial charge is 0.508 e. The van der Waals surface area contributed by atoms with Crippen LogP contribution >= 0.6 is 0 Å². The van der Waals surface area contributed by atoms with Gasteiger partial charge in [0.15, 0.2) is 0 Å². The summed E-state index contributed by atoms with van der Waals surface area (Å²) in [6.45, 7) is 12.3. The molecule has 0 aliphatic carbocycles. The molecule has 0 radical (unpaired) electrons. The second-order valence-corrected chi connectivity index (χ2v) is 20.3. The number of amides is 9. The third-order valence-electron chi connectivity index (χ3n) is 12.3. The van der Waals surface area contributed by atoms with Crippen LogP contribution in [0, 0.1) is 23.7 Å². The fraction of sp³-hybridized carbons (Fsp3) is 0.588. The fourth-order valence-electron chi connectivity index (χ4n) is 7.62. The normalized spacial score (nSPS) is 14.6. The molecule has 0 fully saturated rings. The van der Waals surface area contributed by atoms with Gasteiger partial charge in [-0.3, -0.25) is 52.7 Å². The van der Waals surface area contributed by atoms with Crippen LogP contribution in [0.2, 0.25) is 0 Å². The second-order valence-electron chi connectivity index (χ2n) is 20.3. The molecule has 79 heavy (non-hydrogen) atoms. The number of aromatic amines is 1. The average molecular weight is 1120 g/mol. The molecule has 2 aromatic rings. The number of nitrogens with two attached hydrogens (primary N) is 1. The smallest absolute Gasteiger partial charge is 0.326 e. The molecule has 28 nitrogen and oxygen atoms in total. The van der Waals surface area contributed by atoms with Gasteiger partial charge >= 0.3 is 17.9 Å². The fourth-order valence-corrected chi connectivity index (χ4v) is 7.62. The van der Waals surface area contributed by atoms with Crippen molar-refractivity contribution in [2.24, 2.45) is 29.4 Å². The van der Waals surface area contributed by atoms with E-state index in [2.05, 4.69) is 57.8 Å². The minimum atomic E-state index is -1.88. The van der Waals surface area contributed by atoms with Crippen molar-refractivity contribution in [3.63, 3.8) is 0 Å². The Morgan fingerprint density at radius 1 is 0.570 bits per heavy atom. The molecule has 9 atom stereocenters. The number of aromatic nitrogens is 2. The van der Waals surface area contributed by atoms with Crippen LogP contribution in [0.4, 0.5) is 0 Å². The van der Waals surface area contributed by atoms with Crippen molar-refractivity contribution in [1.82, 2.24) is 57.8 Å². The lowest BCUT2D eigenvalue weighted by atomic mass is 9.95. The number of nitrogens with one attached hydrogen (secondary N) is 10. The van der Waals surface area contributed by atoms with Gasteiger partial charge in [-0.1, -0.05) is 73.9 Å². The maximum atomic E-state index is 14.1. The van der Waals surface area contributed by atoms with Crippen molar-refractivity contribution >= 4 is 71.1 Å². The lowest BCUT2D eigenvalue weighted by Crippen LogP contribution is -2.61. The summed E-state index contributed by atoms with van der Waals surface area (Å²) >= 11 is 0. The number of H-pyrrole nitrogens is 1. The van der Waals surface area contributed by atoms with Crippen LogP contribution in [0.5, 0.6) is 5.75 Å². The first-order valence-electron chi connectivity index (χ1n) is 25.8. The van der Waals surface area contributed by atoms with Gasteiger partial charge in [-0.15, -0.1) is 0 Å². The number of phenolic OH excluding ortho intramolecular Hbond substituents is 1. The molecule has 9 amide bonds. The summed E-state index contributed by atoms with van der Waals surface area (Å²) in [7, 11) is 0. The van der Waals surface area contributed by atoms with E-state index in [-0.39, 0.29) is 49.2 Å². The number of aliphatic carboxylic acids is 3. The van der Waals surface area contributed by atoms with Crippen LogP contribution in [-0.2, 0) is 70.4 Å². The Morgan fingerprint density at radius 3 is 1.53 bits per heavy atom. The van der Waals surface area contributed by atoms with E-state index in [4.69, 9.17) is 10.8 Å². The predicted octanol–water partition coefficient (Wildman–Crippen LogP) is -1.93. The Morgan fingerprint density at radius 2 is 1.05 bits per heavy atom. The minimum absolute atomic E-state index is 0.0135. The summed E-state index contributed by atoms with van der Waals surface area (Å²) in [5.74, 6) is -13.9. The number of nitrogens with zero attached hydrogens (tertiary/aromatic N) is 1. The van der Waals surface area contributed by atoms with Crippen LogP contribution < -0.4 is 53.6 Å². The molecule has 0 saturated carbocycles. The molecular weight excluding hydrogens is 1040 g/mol. The van der Waals surface area contributed by atoms with Gasteiger partial charge in [0.05, 0.1) is 31.9 Å². The molecule has 16 N–H and O–H groups in total. The first-order valence-corrected chi connectivity index (χ1v) is 25.8. The number of carbonyl (C=O) groups excluding carboxylic acids is 9. The van der Waals surface area contributed by atoms with E-state index in [1.54, 1.807) is 55.4 Å². The zero-order valence-electron chi connectivity index (χ0n) is 45.7. The van der Waals surface area contributed by atoms with Gasteiger partial charge in [-0.2, -0.15) is 0 Å². The zero-order chi connectivity index (χ0) is 59.7. The van der Waals surface area contributed by atoms with E-state index in [1.807, 2.05) is 0 Å². The highest BCUT2D eigenvalue weighted by Crippen LogP contribution is 2.15. The summed E-state index contributed by atoms with van der Waals surface area (Å²) in [5, 5.41) is 60.4. The number of phenols is 1. The van der Waals surface area contributed by atoms with Gasteiger partial charge in [0.2, 0.25) is 53.2 Å². The van der Waals surface area contributed by atoms with Gasteiger partial charge < -0.3 is 79.0 Å². The Balaban J connectivity index is 2.35. The van der Waals surface area contributed by atoms with Crippen molar-refractivity contribution in [3.05, 3.63) is 48.0 Å². The maximum Gasteiger partial charge on any atom is 0.326 e. The highest BCUT2D eigenvalue weighted by molar-refractivity contribution is 5.98. The van der Waals surface area contributed by atoms with Gasteiger partial charge in [0, 0.05) is 31.2 Å². The number of aromatic hydroxyl groups is 1.